The van der Waals surface area contributed by atoms with Crippen LogP contribution in [-0.4, -0.2) is 44.1 Å². The van der Waals surface area contributed by atoms with Crippen molar-refractivity contribution >= 4 is 23.2 Å². The maximum atomic E-state index is 13.6. The zero-order valence-electron chi connectivity index (χ0n) is 18.1. The Kier molecular flexibility index (Phi) is 6.87. The van der Waals surface area contributed by atoms with Gasteiger partial charge in [0.15, 0.2) is 0 Å². The van der Waals surface area contributed by atoms with Crippen molar-refractivity contribution in [2.75, 3.05) is 27.4 Å². The van der Waals surface area contributed by atoms with Gasteiger partial charge in [0, 0.05) is 30.6 Å². The third-order valence-electron chi connectivity index (χ3n) is 5.69. The number of nitrogens with zero attached hydrogens (tertiary/aromatic N) is 1. The first-order chi connectivity index (χ1) is 15.6. The Morgan fingerprint density at radius 2 is 1.94 bits per heavy atom. The molecule has 2 atom stereocenters. The Hall–Kier alpha value is -3.16. The molecule has 4 rings (SSSR count). The standard InChI is InChI=1S/C25H26N2O4S/c1-30-13-12-27-23(21-11-6-14-32-21)22(19-9-3-4-10-20(19)25(27)29)24(28)26-16-17-7-5-8-18(15-17)31-2/h3-11,14-15,22-23H,12-13,16H2,1-2H3,(H,26,28). The summed E-state index contributed by atoms with van der Waals surface area (Å²) in [7, 11) is 3.23. The van der Waals surface area contributed by atoms with Crippen LogP contribution in [0.15, 0.2) is 66.0 Å². The third kappa shape index (κ3) is 4.40. The Morgan fingerprint density at radius 3 is 2.69 bits per heavy atom. The molecule has 3 aromatic rings. The number of ether oxygens (including phenoxy) is 2. The van der Waals surface area contributed by atoms with E-state index in [1.54, 1.807) is 36.5 Å². The van der Waals surface area contributed by atoms with Crippen molar-refractivity contribution in [3.05, 3.63) is 87.6 Å². The normalized spacial score (nSPS) is 17.7. The molecule has 32 heavy (non-hydrogen) atoms. The molecular formula is C25H26N2O4S. The van der Waals surface area contributed by atoms with Crippen LogP contribution in [-0.2, 0) is 16.1 Å². The first-order valence-corrected chi connectivity index (χ1v) is 11.3. The molecule has 0 spiro atoms. The van der Waals surface area contributed by atoms with E-state index in [-0.39, 0.29) is 11.8 Å². The molecule has 1 aliphatic rings. The van der Waals surface area contributed by atoms with Gasteiger partial charge >= 0.3 is 0 Å². The quantitative estimate of drug-likeness (QED) is 0.563. The van der Waals surface area contributed by atoms with Crippen molar-refractivity contribution < 1.29 is 19.1 Å². The Morgan fingerprint density at radius 1 is 1.09 bits per heavy atom. The SMILES string of the molecule is COCCN1C(=O)c2ccccc2C(C(=O)NCc2cccc(OC)c2)C1c1cccs1. The maximum absolute atomic E-state index is 13.6. The topological polar surface area (TPSA) is 67.9 Å². The van der Waals surface area contributed by atoms with E-state index < -0.39 is 12.0 Å². The second-order valence-corrected chi connectivity index (χ2v) is 8.57. The summed E-state index contributed by atoms with van der Waals surface area (Å²) < 4.78 is 10.6. The van der Waals surface area contributed by atoms with Crippen LogP contribution in [0, 0.1) is 0 Å². The van der Waals surface area contributed by atoms with Crippen LogP contribution in [0.3, 0.4) is 0 Å². The van der Waals surface area contributed by atoms with Crippen LogP contribution in [0.2, 0.25) is 0 Å². The minimum atomic E-state index is -0.523. The minimum Gasteiger partial charge on any atom is -0.497 e. The average molecular weight is 451 g/mol. The molecule has 0 saturated heterocycles. The van der Waals surface area contributed by atoms with E-state index in [1.807, 2.05) is 60.0 Å². The summed E-state index contributed by atoms with van der Waals surface area (Å²) in [5.74, 6) is 0.0269. The van der Waals surface area contributed by atoms with Gasteiger partial charge in [0.05, 0.1) is 25.7 Å². The Balaban J connectivity index is 1.69. The summed E-state index contributed by atoms with van der Waals surface area (Å²) in [5.41, 5.74) is 2.27. The van der Waals surface area contributed by atoms with E-state index in [9.17, 15) is 9.59 Å². The van der Waals surface area contributed by atoms with E-state index in [2.05, 4.69) is 5.32 Å². The van der Waals surface area contributed by atoms with E-state index in [4.69, 9.17) is 9.47 Å². The molecule has 0 bridgehead atoms. The van der Waals surface area contributed by atoms with Crippen molar-refractivity contribution in [2.24, 2.45) is 0 Å². The minimum absolute atomic E-state index is 0.0760. The summed E-state index contributed by atoms with van der Waals surface area (Å²) in [6, 6.07) is 18.6. The molecule has 0 fully saturated rings. The van der Waals surface area contributed by atoms with Crippen molar-refractivity contribution in [2.45, 2.75) is 18.5 Å². The molecule has 2 heterocycles. The van der Waals surface area contributed by atoms with Crippen molar-refractivity contribution in [1.29, 1.82) is 0 Å². The molecular weight excluding hydrogens is 424 g/mol. The lowest BCUT2D eigenvalue weighted by atomic mass is 9.81. The predicted octanol–water partition coefficient (Wildman–Crippen LogP) is 4.00. The highest BCUT2D eigenvalue weighted by atomic mass is 32.1. The van der Waals surface area contributed by atoms with Crippen LogP contribution >= 0.6 is 11.3 Å². The van der Waals surface area contributed by atoms with E-state index >= 15 is 0 Å². The summed E-state index contributed by atoms with van der Waals surface area (Å²) in [6.07, 6.45) is 0. The number of benzene rings is 2. The van der Waals surface area contributed by atoms with E-state index in [0.29, 0.717) is 25.3 Å². The molecule has 1 aromatic heterocycles. The third-order valence-corrected chi connectivity index (χ3v) is 6.64. The van der Waals surface area contributed by atoms with Crippen LogP contribution in [0.25, 0.3) is 0 Å². The van der Waals surface area contributed by atoms with Crippen LogP contribution in [0.1, 0.15) is 38.3 Å². The second kappa shape index (κ2) is 9.97. The number of amides is 2. The lowest BCUT2D eigenvalue weighted by Gasteiger charge is -2.41. The largest absolute Gasteiger partial charge is 0.497 e. The fourth-order valence-electron chi connectivity index (χ4n) is 4.17. The second-order valence-electron chi connectivity index (χ2n) is 7.59. The summed E-state index contributed by atoms with van der Waals surface area (Å²) in [4.78, 5) is 29.7. The zero-order valence-corrected chi connectivity index (χ0v) is 18.9. The molecule has 2 aromatic carbocycles. The van der Waals surface area contributed by atoms with Crippen LogP contribution in [0.4, 0.5) is 0 Å². The van der Waals surface area contributed by atoms with Crippen LogP contribution < -0.4 is 10.1 Å². The first kappa shape index (κ1) is 22.0. The average Bonchev–Trinajstić information content (AvgIpc) is 3.36. The number of carbonyl (C=O) groups is 2. The highest BCUT2D eigenvalue weighted by molar-refractivity contribution is 7.10. The lowest BCUT2D eigenvalue weighted by molar-refractivity contribution is -0.124. The van der Waals surface area contributed by atoms with Gasteiger partial charge in [-0.3, -0.25) is 9.59 Å². The van der Waals surface area contributed by atoms with E-state index in [0.717, 1.165) is 21.8 Å². The number of methoxy groups -OCH3 is 2. The van der Waals surface area contributed by atoms with Gasteiger partial charge in [-0.05, 0) is 40.8 Å². The van der Waals surface area contributed by atoms with Crippen LogP contribution in [0.5, 0.6) is 5.75 Å². The first-order valence-electron chi connectivity index (χ1n) is 10.5. The monoisotopic (exact) mass is 450 g/mol. The summed E-state index contributed by atoms with van der Waals surface area (Å²) >= 11 is 1.55. The van der Waals surface area contributed by atoms with Gasteiger partial charge in [-0.1, -0.05) is 36.4 Å². The molecule has 0 saturated carbocycles. The number of carbonyl (C=O) groups excluding carboxylic acids is 2. The van der Waals surface area contributed by atoms with Gasteiger partial charge < -0.3 is 19.7 Å². The predicted molar refractivity (Wildman–Crippen MR) is 124 cm³/mol. The van der Waals surface area contributed by atoms with Crippen molar-refractivity contribution in [1.82, 2.24) is 10.2 Å². The summed E-state index contributed by atoms with van der Waals surface area (Å²) in [5, 5.41) is 5.06. The fourth-order valence-corrected chi connectivity index (χ4v) is 5.04. The molecule has 6 nitrogen and oxygen atoms in total. The van der Waals surface area contributed by atoms with Gasteiger partial charge in [0.25, 0.3) is 5.91 Å². The van der Waals surface area contributed by atoms with Crippen molar-refractivity contribution in [3.8, 4) is 5.75 Å². The highest BCUT2D eigenvalue weighted by Crippen LogP contribution is 2.44. The fraction of sp³-hybridized carbons (Fsp3) is 0.280. The van der Waals surface area contributed by atoms with Gasteiger partial charge in [-0.2, -0.15) is 0 Å². The number of hydrogen-bond acceptors (Lipinski definition) is 5. The van der Waals surface area contributed by atoms with E-state index in [1.165, 1.54) is 0 Å². The molecule has 2 amide bonds. The molecule has 166 valence electrons. The molecule has 1 aliphatic heterocycles. The highest BCUT2D eigenvalue weighted by Gasteiger charge is 2.44. The van der Waals surface area contributed by atoms with Gasteiger partial charge in [-0.25, -0.2) is 0 Å². The smallest absolute Gasteiger partial charge is 0.254 e. The van der Waals surface area contributed by atoms with Gasteiger partial charge in [0.1, 0.15) is 5.75 Å². The maximum Gasteiger partial charge on any atom is 0.254 e. The van der Waals surface area contributed by atoms with Gasteiger partial charge in [0.2, 0.25) is 5.91 Å². The van der Waals surface area contributed by atoms with Gasteiger partial charge in [-0.15, -0.1) is 11.3 Å². The molecule has 1 N–H and O–H groups in total. The number of rotatable bonds is 8. The lowest BCUT2D eigenvalue weighted by Crippen LogP contribution is -2.48. The number of nitrogens with one attached hydrogen (secondary N) is 1. The summed E-state index contributed by atoms with van der Waals surface area (Å²) in [6.45, 7) is 1.18. The molecule has 2 unspecified atom stereocenters. The number of fused-ring (bicyclic) bond motifs is 1. The number of thiophene rings is 1. The zero-order chi connectivity index (χ0) is 22.5. The molecule has 0 radical (unpaired) electrons. The number of hydrogen-bond donors (Lipinski definition) is 1. The molecule has 0 aliphatic carbocycles. The molecule has 7 heteroatoms. The Bertz CT molecular complexity index is 1080. The van der Waals surface area contributed by atoms with Crippen molar-refractivity contribution in [3.63, 3.8) is 0 Å². The Labute approximate surface area is 191 Å².